The van der Waals surface area contributed by atoms with Crippen LogP contribution >= 0.6 is 0 Å². The van der Waals surface area contributed by atoms with Gasteiger partial charge in [-0.1, -0.05) is 30.8 Å². The van der Waals surface area contributed by atoms with Gasteiger partial charge in [-0.2, -0.15) is 0 Å². The van der Waals surface area contributed by atoms with E-state index in [1.807, 2.05) is 0 Å². The monoisotopic (exact) mass is 404 g/mol. The van der Waals surface area contributed by atoms with Crippen LogP contribution in [0.3, 0.4) is 0 Å². The van der Waals surface area contributed by atoms with Crippen molar-refractivity contribution >= 4 is 17.5 Å². The first-order valence-electron chi connectivity index (χ1n) is 8.96. The lowest BCUT2D eigenvalue weighted by atomic mass is 10.0. The van der Waals surface area contributed by atoms with Gasteiger partial charge in [-0.25, -0.2) is 0 Å². The number of ether oxygens (including phenoxy) is 1. The molecular formula is C21H19F3N2O3. The van der Waals surface area contributed by atoms with Crippen molar-refractivity contribution in [1.29, 1.82) is 0 Å². The lowest BCUT2D eigenvalue weighted by Gasteiger charge is -2.21. The van der Waals surface area contributed by atoms with E-state index < -0.39 is 24.2 Å². The first-order chi connectivity index (χ1) is 13.8. The Labute approximate surface area is 165 Å². The van der Waals surface area contributed by atoms with Crippen molar-refractivity contribution in [2.45, 2.75) is 25.2 Å². The van der Waals surface area contributed by atoms with Crippen LogP contribution in [0.2, 0.25) is 0 Å². The lowest BCUT2D eigenvalue weighted by molar-refractivity contribution is -0.274. The average molecular weight is 404 g/mol. The number of rotatable bonds is 7. The largest absolute Gasteiger partial charge is 0.573 e. The number of carbonyl (C=O) groups excluding carboxylic acids is 2. The second kappa shape index (κ2) is 8.38. The van der Waals surface area contributed by atoms with Crippen LogP contribution in [0.15, 0.2) is 61.2 Å². The van der Waals surface area contributed by atoms with Gasteiger partial charge in [0.1, 0.15) is 5.75 Å². The predicted molar refractivity (Wildman–Crippen MR) is 101 cm³/mol. The van der Waals surface area contributed by atoms with Gasteiger partial charge in [0.05, 0.1) is 17.3 Å². The minimum absolute atomic E-state index is 0.120. The summed E-state index contributed by atoms with van der Waals surface area (Å²) in [5, 5.41) is 5.45. The van der Waals surface area contributed by atoms with E-state index in [4.69, 9.17) is 0 Å². The first kappa shape index (κ1) is 20.4. The Hall–Kier alpha value is -3.29. The molecule has 29 heavy (non-hydrogen) atoms. The van der Waals surface area contributed by atoms with Gasteiger partial charge < -0.3 is 15.4 Å². The highest BCUT2D eigenvalue weighted by Gasteiger charge is 2.35. The van der Waals surface area contributed by atoms with Crippen LogP contribution in [0.4, 0.5) is 18.9 Å². The summed E-state index contributed by atoms with van der Waals surface area (Å²) in [6, 6.07) is 11.6. The van der Waals surface area contributed by atoms with E-state index in [1.54, 1.807) is 30.3 Å². The first-order valence-corrected chi connectivity index (χ1v) is 8.96. The Bertz CT molecular complexity index is 923. The Balaban J connectivity index is 1.82. The topological polar surface area (TPSA) is 67.4 Å². The van der Waals surface area contributed by atoms with E-state index in [0.717, 1.165) is 18.9 Å². The van der Waals surface area contributed by atoms with E-state index in [1.165, 1.54) is 18.2 Å². The molecule has 2 aromatic rings. The van der Waals surface area contributed by atoms with Crippen molar-refractivity contribution in [1.82, 2.24) is 5.32 Å². The van der Waals surface area contributed by atoms with Gasteiger partial charge in [-0.3, -0.25) is 9.59 Å². The molecule has 3 rings (SSSR count). The molecule has 0 bridgehead atoms. The third kappa shape index (κ3) is 5.60. The molecular weight excluding hydrogens is 385 g/mol. The van der Waals surface area contributed by atoms with Crippen LogP contribution in [0.5, 0.6) is 5.75 Å². The molecule has 0 spiro atoms. The molecule has 0 radical (unpaired) electrons. The van der Waals surface area contributed by atoms with Crippen molar-refractivity contribution in [3.05, 3.63) is 72.3 Å². The van der Waals surface area contributed by atoms with Crippen LogP contribution < -0.4 is 15.4 Å². The number of benzene rings is 2. The number of nitrogens with one attached hydrogen (secondary N) is 2. The molecule has 2 amide bonds. The van der Waals surface area contributed by atoms with Gasteiger partial charge in [0.15, 0.2) is 0 Å². The molecule has 2 aromatic carbocycles. The lowest BCUT2D eigenvalue weighted by Crippen LogP contribution is -2.30. The van der Waals surface area contributed by atoms with E-state index in [0.29, 0.717) is 11.3 Å². The number of amides is 2. The summed E-state index contributed by atoms with van der Waals surface area (Å²) in [7, 11) is 0. The minimum Gasteiger partial charge on any atom is -0.406 e. The van der Waals surface area contributed by atoms with Gasteiger partial charge in [0.25, 0.3) is 5.91 Å². The molecule has 1 aliphatic rings. The number of carbonyl (C=O) groups is 2. The molecule has 0 aliphatic heterocycles. The zero-order chi connectivity index (χ0) is 21.0. The number of anilines is 1. The zero-order valence-electron chi connectivity index (χ0n) is 15.3. The molecule has 1 fully saturated rings. The summed E-state index contributed by atoms with van der Waals surface area (Å²) in [5.41, 5.74) is 1.09. The van der Waals surface area contributed by atoms with Crippen LogP contribution in [-0.2, 0) is 4.79 Å². The van der Waals surface area contributed by atoms with Gasteiger partial charge in [-0.05, 0) is 54.7 Å². The number of halogens is 3. The summed E-state index contributed by atoms with van der Waals surface area (Å²) >= 11 is 0. The Morgan fingerprint density at radius 1 is 1.14 bits per heavy atom. The second-order valence-corrected chi connectivity index (χ2v) is 6.65. The zero-order valence-corrected chi connectivity index (χ0v) is 15.3. The van der Waals surface area contributed by atoms with Crippen LogP contribution in [-0.4, -0.2) is 18.2 Å². The fourth-order valence-corrected chi connectivity index (χ4v) is 3.00. The van der Waals surface area contributed by atoms with E-state index in [9.17, 15) is 22.8 Å². The molecule has 1 unspecified atom stereocenters. The quantitative estimate of drug-likeness (QED) is 0.664. The molecule has 1 atom stereocenters. The van der Waals surface area contributed by atoms with E-state index in [2.05, 4.69) is 21.9 Å². The number of hydrogen-bond acceptors (Lipinski definition) is 3. The molecule has 152 valence electrons. The maximum absolute atomic E-state index is 12.9. The predicted octanol–water partition coefficient (Wildman–Crippen LogP) is 4.59. The number of alkyl halides is 3. The fraction of sp³-hybridized carbons (Fsp3) is 0.238. The van der Waals surface area contributed by atoms with Gasteiger partial charge >= 0.3 is 6.36 Å². The Kier molecular flexibility index (Phi) is 5.91. The third-order valence-electron chi connectivity index (χ3n) is 4.45. The number of hydrogen-bond donors (Lipinski definition) is 2. The highest BCUT2D eigenvalue weighted by atomic mass is 19.4. The van der Waals surface area contributed by atoms with Crippen molar-refractivity contribution in [2.75, 3.05) is 5.32 Å². The van der Waals surface area contributed by atoms with Crippen molar-refractivity contribution in [3.63, 3.8) is 0 Å². The van der Waals surface area contributed by atoms with Crippen LogP contribution in [0, 0.1) is 5.92 Å². The van der Waals surface area contributed by atoms with E-state index in [-0.39, 0.29) is 17.2 Å². The van der Waals surface area contributed by atoms with Crippen molar-refractivity contribution < 1.29 is 27.5 Å². The van der Waals surface area contributed by atoms with Crippen molar-refractivity contribution in [2.24, 2.45) is 5.92 Å². The smallest absolute Gasteiger partial charge is 0.406 e. The third-order valence-corrected chi connectivity index (χ3v) is 4.45. The highest BCUT2D eigenvalue weighted by molar-refractivity contribution is 6.06. The summed E-state index contributed by atoms with van der Waals surface area (Å²) in [5.74, 6) is -1.12. The Morgan fingerprint density at radius 2 is 1.86 bits per heavy atom. The van der Waals surface area contributed by atoms with Crippen LogP contribution in [0.1, 0.15) is 34.8 Å². The molecule has 5 nitrogen and oxygen atoms in total. The molecule has 1 saturated carbocycles. The van der Waals surface area contributed by atoms with Crippen molar-refractivity contribution in [3.8, 4) is 5.75 Å². The maximum atomic E-state index is 12.9. The standard InChI is InChI=1S/C21H19F3N2O3/c1-2-18(27)25-17-9-4-3-8-16(17)20(28)26-19(13-10-11-13)14-6-5-7-15(12-14)29-21(22,23)24/h2-9,12-13,19H,1,10-11H2,(H,25,27)(H,26,28). The average Bonchev–Trinajstić information content (AvgIpc) is 3.50. The number of para-hydroxylation sites is 1. The SMILES string of the molecule is C=CC(=O)Nc1ccccc1C(=O)NC(c1cccc(OC(F)(F)F)c1)C1CC1. The molecule has 1 aliphatic carbocycles. The molecule has 2 N–H and O–H groups in total. The summed E-state index contributed by atoms with van der Waals surface area (Å²) in [4.78, 5) is 24.5. The summed E-state index contributed by atoms with van der Waals surface area (Å²) < 4.78 is 41.6. The molecule has 0 saturated heterocycles. The molecule has 0 aromatic heterocycles. The van der Waals surface area contributed by atoms with Gasteiger partial charge in [0, 0.05) is 0 Å². The normalized spacial score (nSPS) is 14.6. The second-order valence-electron chi connectivity index (χ2n) is 6.65. The summed E-state index contributed by atoms with van der Waals surface area (Å²) in [6.07, 6.45) is -2.00. The van der Waals surface area contributed by atoms with Gasteiger partial charge in [-0.15, -0.1) is 13.2 Å². The Morgan fingerprint density at radius 3 is 2.52 bits per heavy atom. The molecule has 8 heteroatoms. The van der Waals surface area contributed by atoms with E-state index >= 15 is 0 Å². The molecule has 0 heterocycles. The fourth-order valence-electron chi connectivity index (χ4n) is 3.00. The minimum atomic E-state index is -4.79. The van der Waals surface area contributed by atoms with Crippen LogP contribution in [0.25, 0.3) is 0 Å². The van der Waals surface area contributed by atoms with Gasteiger partial charge in [0.2, 0.25) is 5.91 Å². The summed E-state index contributed by atoms with van der Waals surface area (Å²) in [6.45, 7) is 3.38. The maximum Gasteiger partial charge on any atom is 0.573 e. The highest BCUT2D eigenvalue weighted by Crippen LogP contribution is 2.42.